The highest BCUT2D eigenvalue weighted by molar-refractivity contribution is 5.95. The molecule has 4 amide bonds. The number of aliphatic carboxylic acids is 2. The zero-order valence-electron chi connectivity index (χ0n) is 28.8. The van der Waals surface area contributed by atoms with Crippen LogP contribution in [0.4, 0.5) is 13.2 Å². The maximum Gasteiger partial charge on any atom is 0.490 e. The number of hydrogen-bond acceptors (Lipinski definition) is 7. The lowest BCUT2D eigenvalue weighted by Crippen LogP contribution is -2.60. The normalized spacial score (nSPS) is 19.0. The van der Waals surface area contributed by atoms with Crippen LogP contribution in [0.25, 0.3) is 0 Å². The van der Waals surface area contributed by atoms with Crippen molar-refractivity contribution >= 4 is 41.5 Å². The number of benzene rings is 2. The summed E-state index contributed by atoms with van der Waals surface area (Å²) < 4.78 is 31.7. The number of fused-ring (bicyclic) bond motifs is 1. The zero-order valence-corrected chi connectivity index (χ0v) is 28.8. The monoisotopic (exact) mass is 747 g/mol. The Morgan fingerprint density at radius 1 is 0.887 bits per heavy atom. The van der Waals surface area contributed by atoms with Crippen LogP contribution < -0.4 is 27.4 Å². The van der Waals surface area contributed by atoms with Gasteiger partial charge in [-0.2, -0.15) is 13.2 Å². The van der Waals surface area contributed by atoms with Crippen LogP contribution in [-0.4, -0.2) is 99.6 Å². The van der Waals surface area contributed by atoms with E-state index in [0.717, 1.165) is 11.1 Å². The molecule has 2 fully saturated rings. The van der Waals surface area contributed by atoms with Crippen molar-refractivity contribution in [1.82, 2.24) is 20.9 Å². The highest BCUT2D eigenvalue weighted by Crippen LogP contribution is 2.33. The van der Waals surface area contributed by atoms with Gasteiger partial charge in [0.15, 0.2) is 5.96 Å². The van der Waals surface area contributed by atoms with Gasteiger partial charge in [0.1, 0.15) is 18.1 Å². The van der Waals surface area contributed by atoms with Crippen molar-refractivity contribution < 1.29 is 52.2 Å². The third kappa shape index (κ3) is 13.8. The smallest absolute Gasteiger partial charge is 0.481 e. The molecule has 53 heavy (non-hydrogen) atoms. The van der Waals surface area contributed by atoms with E-state index in [2.05, 4.69) is 20.9 Å². The molecule has 18 heteroatoms. The number of carboxylic acid groups (broad SMARTS) is 2. The number of amides is 4. The van der Waals surface area contributed by atoms with E-state index < -0.39 is 54.1 Å². The second-order valence-corrected chi connectivity index (χ2v) is 12.7. The molecule has 15 nitrogen and oxygen atoms in total. The summed E-state index contributed by atoms with van der Waals surface area (Å²) in [6.07, 6.45) is -2.23. The van der Waals surface area contributed by atoms with Gasteiger partial charge in [-0.3, -0.25) is 29.0 Å². The van der Waals surface area contributed by atoms with Crippen molar-refractivity contribution in [3.8, 4) is 0 Å². The molecule has 0 spiro atoms. The maximum absolute atomic E-state index is 13.7. The molecule has 5 atom stereocenters. The van der Waals surface area contributed by atoms with Crippen LogP contribution in [0.5, 0.6) is 0 Å². The number of halogens is 3. The van der Waals surface area contributed by atoms with Gasteiger partial charge in [0.25, 0.3) is 0 Å². The Morgan fingerprint density at radius 2 is 1.47 bits per heavy atom. The number of nitrogens with zero attached hydrogens (tertiary/aromatic N) is 2. The number of carbonyl (C=O) groups is 6. The summed E-state index contributed by atoms with van der Waals surface area (Å²) in [6.45, 7) is 0.227. The van der Waals surface area contributed by atoms with Crippen LogP contribution in [-0.2, 0) is 41.6 Å². The van der Waals surface area contributed by atoms with E-state index in [1.54, 1.807) is 4.90 Å². The summed E-state index contributed by atoms with van der Waals surface area (Å²) in [6, 6.07) is 15.0. The number of alkyl halides is 3. The van der Waals surface area contributed by atoms with Crippen molar-refractivity contribution in [2.24, 2.45) is 16.5 Å². The lowest BCUT2D eigenvalue weighted by Gasteiger charge is -2.38. The van der Waals surface area contributed by atoms with E-state index in [9.17, 15) is 42.3 Å². The minimum Gasteiger partial charge on any atom is -0.481 e. The Hall–Kier alpha value is -5.68. The number of hydrogen-bond donors (Lipinski definition) is 7. The highest BCUT2D eigenvalue weighted by atomic mass is 19.4. The molecule has 0 radical (unpaired) electrons. The number of aliphatic imine (C=N–C) groups is 1. The number of carboxylic acids is 2. The van der Waals surface area contributed by atoms with Gasteiger partial charge in [0, 0.05) is 18.6 Å². The molecular weight excluding hydrogens is 703 g/mol. The van der Waals surface area contributed by atoms with E-state index in [1.165, 1.54) is 0 Å². The molecule has 0 aliphatic carbocycles. The minimum absolute atomic E-state index is 0.0968. The third-order valence-corrected chi connectivity index (χ3v) is 8.60. The molecule has 2 aliphatic rings. The van der Waals surface area contributed by atoms with E-state index in [1.807, 2.05) is 60.7 Å². The summed E-state index contributed by atoms with van der Waals surface area (Å²) >= 11 is 0. The number of carbonyl (C=O) groups excluding carboxylic acids is 4. The Kier molecular flexibility index (Phi) is 15.6. The zero-order chi connectivity index (χ0) is 39.1. The summed E-state index contributed by atoms with van der Waals surface area (Å²) in [4.78, 5) is 79.6. The highest BCUT2D eigenvalue weighted by Gasteiger charge is 2.47. The van der Waals surface area contributed by atoms with Gasteiger partial charge in [0.05, 0.1) is 12.8 Å². The molecule has 0 bridgehead atoms. The molecule has 2 heterocycles. The van der Waals surface area contributed by atoms with Gasteiger partial charge >= 0.3 is 18.1 Å². The second kappa shape index (κ2) is 19.8. The second-order valence-electron chi connectivity index (χ2n) is 12.7. The van der Waals surface area contributed by atoms with E-state index in [0.29, 0.717) is 32.1 Å². The molecular formula is C35H44F3N7O8. The Labute approximate surface area is 303 Å². The topological polar surface area (TPSA) is 247 Å². The molecule has 1 unspecified atom stereocenters. The third-order valence-electron chi connectivity index (χ3n) is 8.60. The summed E-state index contributed by atoms with van der Waals surface area (Å²) in [5.41, 5.74) is 12.6. The van der Waals surface area contributed by atoms with E-state index >= 15 is 0 Å². The van der Waals surface area contributed by atoms with E-state index in [4.69, 9.17) is 21.4 Å². The summed E-state index contributed by atoms with van der Waals surface area (Å²) in [5.74, 6) is -5.52. The quantitative estimate of drug-likeness (QED) is 0.0781. The van der Waals surface area contributed by atoms with Crippen LogP contribution in [0, 0.1) is 0 Å². The van der Waals surface area contributed by atoms with Gasteiger partial charge in [-0.15, -0.1) is 0 Å². The first-order valence-electron chi connectivity index (χ1n) is 16.9. The lowest BCUT2D eigenvalue weighted by atomic mass is 9.97. The van der Waals surface area contributed by atoms with Gasteiger partial charge in [-0.1, -0.05) is 60.7 Å². The number of nitrogens with two attached hydrogens (primary N) is 2. The molecule has 2 saturated heterocycles. The van der Waals surface area contributed by atoms with Crippen molar-refractivity contribution in [3.05, 3.63) is 71.8 Å². The lowest BCUT2D eigenvalue weighted by molar-refractivity contribution is -0.192. The van der Waals surface area contributed by atoms with E-state index in [-0.39, 0.29) is 56.0 Å². The standard InChI is InChI=1S/C33H43N7O6.C2HF3O2/c34-33(35)36-17-7-12-25(30(44)37-23(20-29(42)43)18-21-8-3-1-4-9-21)39-31(45)27-16-14-24-13-15-26(32(46)40(24)27)38-28(41)19-22-10-5-2-6-11-22;3-2(4,5)1(6)7/h1-6,8-11,23-27H,7,12-20H2,(H,37,44)(H,38,41)(H,39,45)(H,42,43)(H4,34,35,36);(H,6,7)/t23-,24+,25-,26?,27+;/m1./s1. The van der Waals surface area contributed by atoms with Crippen molar-refractivity contribution in [2.75, 3.05) is 6.54 Å². The molecule has 2 aromatic carbocycles. The fourth-order valence-corrected chi connectivity index (χ4v) is 6.21. The minimum atomic E-state index is -5.08. The fraction of sp³-hybridized carbons (Fsp3) is 0.457. The molecule has 0 aromatic heterocycles. The van der Waals surface area contributed by atoms with Gasteiger partial charge < -0.3 is 42.5 Å². The SMILES string of the molecule is NC(N)=NCCC[C@@H](NC(=O)[C@@H]1CC[C@@H]2CCC(NC(=O)Cc3ccccc3)C(=O)N21)C(=O)N[C@@H](CC(=O)O)Cc1ccccc1.O=C(O)C(F)(F)F. The fourth-order valence-electron chi connectivity index (χ4n) is 6.21. The predicted molar refractivity (Wildman–Crippen MR) is 185 cm³/mol. The first-order valence-corrected chi connectivity index (χ1v) is 16.9. The average molecular weight is 748 g/mol. The first-order chi connectivity index (χ1) is 25.0. The Balaban J connectivity index is 0.000000980. The number of guanidine groups is 1. The van der Waals surface area contributed by atoms with Crippen molar-refractivity contribution in [3.63, 3.8) is 0 Å². The van der Waals surface area contributed by atoms with Crippen molar-refractivity contribution in [1.29, 1.82) is 0 Å². The largest absolute Gasteiger partial charge is 0.490 e. The molecule has 9 N–H and O–H groups in total. The first kappa shape index (κ1) is 41.7. The predicted octanol–water partition coefficient (Wildman–Crippen LogP) is 1.24. The Morgan fingerprint density at radius 3 is 2.04 bits per heavy atom. The van der Waals surface area contributed by atoms with Crippen LogP contribution >= 0.6 is 0 Å². The molecule has 4 rings (SSSR count). The molecule has 0 saturated carbocycles. The van der Waals surface area contributed by atoms with Crippen LogP contribution in [0.3, 0.4) is 0 Å². The van der Waals surface area contributed by atoms with Crippen LogP contribution in [0.1, 0.15) is 56.1 Å². The summed E-state index contributed by atoms with van der Waals surface area (Å²) in [7, 11) is 0. The maximum atomic E-state index is 13.7. The van der Waals surface area contributed by atoms with Gasteiger partial charge in [0.2, 0.25) is 23.6 Å². The van der Waals surface area contributed by atoms with Gasteiger partial charge in [-0.05, 0) is 56.1 Å². The Bertz CT molecular complexity index is 1610. The van der Waals surface area contributed by atoms with Crippen LogP contribution in [0.2, 0.25) is 0 Å². The molecule has 2 aromatic rings. The number of nitrogens with one attached hydrogen (secondary N) is 3. The average Bonchev–Trinajstić information content (AvgIpc) is 3.53. The summed E-state index contributed by atoms with van der Waals surface area (Å²) in [5, 5.41) is 25.1. The van der Waals surface area contributed by atoms with Crippen molar-refractivity contribution in [2.45, 2.75) is 94.2 Å². The molecule has 288 valence electrons. The van der Waals surface area contributed by atoms with Crippen LogP contribution in [0.15, 0.2) is 65.7 Å². The number of rotatable bonds is 15. The van der Waals surface area contributed by atoms with Gasteiger partial charge in [-0.25, -0.2) is 4.79 Å². The molecule has 2 aliphatic heterocycles. The number of piperidine rings is 1.